The van der Waals surface area contributed by atoms with Crippen molar-refractivity contribution in [3.63, 3.8) is 0 Å². The van der Waals surface area contributed by atoms with E-state index in [1.807, 2.05) is 26.0 Å². The third-order valence-corrected chi connectivity index (χ3v) is 4.46. The minimum Gasteiger partial charge on any atom is -0.497 e. The number of aromatic amines is 1. The van der Waals surface area contributed by atoms with Crippen LogP contribution in [0.3, 0.4) is 0 Å². The van der Waals surface area contributed by atoms with E-state index in [9.17, 15) is 14.9 Å². The molecule has 0 aliphatic heterocycles. The van der Waals surface area contributed by atoms with Gasteiger partial charge in [0.05, 0.1) is 19.7 Å². The topological polar surface area (TPSA) is 126 Å². The first-order valence-electron chi connectivity index (χ1n) is 9.01. The SMILES string of the molecule is COc1cc(OC)c2c(=O)[nH]c(-c3cc(C)c(OCCO[N+](=O)[O-])c(C)c3)nc2c1. The van der Waals surface area contributed by atoms with Gasteiger partial charge in [-0.25, -0.2) is 4.98 Å². The highest BCUT2D eigenvalue weighted by molar-refractivity contribution is 5.87. The number of rotatable bonds is 8. The number of H-pyrrole nitrogens is 1. The van der Waals surface area contributed by atoms with Crippen LogP contribution in [-0.4, -0.2) is 42.5 Å². The molecule has 0 amide bonds. The van der Waals surface area contributed by atoms with Gasteiger partial charge in [0, 0.05) is 17.7 Å². The Hall–Kier alpha value is -3.82. The molecular weight excluding hydrogens is 394 g/mol. The number of fused-ring (bicyclic) bond motifs is 1. The summed E-state index contributed by atoms with van der Waals surface area (Å²) in [4.78, 5) is 34.6. The van der Waals surface area contributed by atoms with Crippen molar-refractivity contribution in [1.29, 1.82) is 0 Å². The second kappa shape index (κ2) is 8.68. The van der Waals surface area contributed by atoms with E-state index in [1.165, 1.54) is 14.2 Å². The average molecular weight is 415 g/mol. The van der Waals surface area contributed by atoms with E-state index in [2.05, 4.69) is 14.8 Å². The predicted octanol–water partition coefficient (Wildman–Crippen LogP) is 2.81. The van der Waals surface area contributed by atoms with E-state index in [0.717, 1.165) is 11.1 Å². The van der Waals surface area contributed by atoms with E-state index >= 15 is 0 Å². The van der Waals surface area contributed by atoms with Crippen LogP contribution in [0.4, 0.5) is 0 Å². The smallest absolute Gasteiger partial charge is 0.294 e. The van der Waals surface area contributed by atoms with Gasteiger partial charge in [-0.15, -0.1) is 10.1 Å². The van der Waals surface area contributed by atoms with Crippen molar-refractivity contribution in [1.82, 2.24) is 9.97 Å². The third-order valence-electron chi connectivity index (χ3n) is 4.46. The maximum atomic E-state index is 12.7. The second-order valence-electron chi connectivity index (χ2n) is 6.48. The molecule has 0 atom stereocenters. The van der Waals surface area contributed by atoms with Crippen molar-refractivity contribution in [2.24, 2.45) is 0 Å². The highest BCUT2D eigenvalue weighted by atomic mass is 17.0. The van der Waals surface area contributed by atoms with Crippen LogP contribution in [0.5, 0.6) is 17.2 Å². The molecule has 0 bridgehead atoms. The van der Waals surface area contributed by atoms with Gasteiger partial charge in [0.25, 0.3) is 10.6 Å². The lowest BCUT2D eigenvalue weighted by molar-refractivity contribution is -0.757. The molecule has 1 N–H and O–H groups in total. The molecular formula is C20H21N3O7. The number of benzene rings is 2. The zero-order valence-electron chi connectivity index (χ0n) is 17.0. The summed E-state index contributed by atoms with van der Waals surface area (Å²) in [6.07, 6.45) is 0. The van der Waals surface area contributed by atoms with Crippen LogP contribution in [-0.2, 0) is 4.84 Å². The lowest BCUT2D eigenvalue weighted by atomic mass is 10.0. The van der Waals surface area contributed by atoms with E-state index in [4.69, 9.17) is 14.2 Å². The third kappa shape index (κ3) is 4.27. The Bertz CT molecular complexity index is 1130. The zero-order valence-corrected chi connectivity index (χ0v) is 17.0. The van der Waals surface area contributed by atoms with Crippen LogP contribution in [0.1, 0.15) is 11.1 Å². The monoisotopic (exact) mass is 415 g/mol. The van der Waals surface area contributed by atoms with Crippen LogP contribution in [0.25, 0.3) is 22.3 Å². The standard InChI is InChI=1S/C20H21N3O7/c1-11-7-13(8-12(2)18(11)29-5-6-30-23(25)26)19-21-15-9-14(27-3)10-16(28-4)17(15)20(24)22-19/h7-10H,5-6H2,1-4H3,(H,21,22,24). The molecule has 0 spiro atoms. The largest absolute Gasteiger partial charge is 0.497 e. The molecule has 10 heteroatoms. The fourth-order valence-electron chi connectivity index (χ4n) is 3.20. The maximum absolute atomic E-state index is 12.7. The van der Waals surface area contributed by atoms with Gasteiger partial charge in [0.1, 0.15) is 41.7 Å². The predicted molar refractivity (Wildman–Crippen MR) is 109 cm³/mol. The first-order valence-corrected chi connectivity index (χ1v) is 9.01. The number of ether oxygens (including phenoxy) is 3. The van der Waals surface area contributed by atoms with E-state index in [0.29, 0.717) is 39.5 Å². The Labute approximate surface area is 171 Å². The molecule has 0 unspecified atom stereocenters. The molecule has 0 saturated carbocycles. The number of hydrogen-bond donors (Lipinski definition) is 1. The number of aromatic nitrogens is 2. The lowest BCUT2D eigenvalue weighted by Gasteiger charge is -2.14. The van der Waals surface area contributed by atoms with Crippen molar-refractivity contribution in [2.75, 3.05) is 27.4 Å². The average Bonchev–Trinajstić information content (AvgIpc) is 2.71. The highest BCUT2D eigenvalue weighted by Gasteiger charge is 2.15. The summed E-state index contributed by atoms with van der Waals surface area (Å²) in [7, 11) is 3.00. The van der Waals surface area contributed by atoms with Gasteiger partial charge in [-0.05, 0) is 37.1 Å². The van der Waals surface area contributed by atoms with E-state index < -0.39 is 5.09 Å². The zero-order chi connectivity index (χ0) is 21.8. The summed E-state index contributed by atoms with van der Waals surface area (Å²) < 4.78 is 16.2. The van der Waals surface area contributed by atoms with Gasteiger partial charge >= 0.3 is 0 Å². The molecule has 0 radical (unpaired) electrons. The van der Waals surface area contributed by atoms with Crippen molar-refractivity contribution < 1.29 is 24.1 Å². The molecule has 2 aromatic carbocycles. The molecule has 0 fully saturated rings. The molecule has 30 heavy (non-hydrogen) atoms. The van der Waals surface area contributed by atoms with Crippen LogP contribution in [0.15, 0.2) is 29.1 Å². The molecule has 158 valence electrons. The summed E-state index contributed by atoms with van der Waals surface area (Å²) in [5.74, 6) is 1.88. The summed E-state index contributed by atoms with van der Waals surface area (Å²) in [5, 5.41) is 9.69. The highest BCUT2D eigenvalue weighted by Crippen LogP contribution is 2.31. The van der Waals surface area contributed by atoms with Gasteiger partial charge < -0.3 is 24.0 Å². The molecule has 3 rings (SSSR count). The Kier molecular flexibility index (Phi) is 6.05. The first kappa shape index (κ1) is 20.9. The molecule has 0 aliphatic carbocycles. The molecule has 1 aromatic heterocycles. The number of hydrogen-bond acceptors (Lipinski definition) is 8. The van der Waals surface area contributed by atoms with Gasteiger partial charge in [-0.1, -0.05) is 0 Å². The number of nitrogens with one attached hydrogen (secondary N) is 1. The minimum absolute atomic E-state index is 0.0344. The Balaban J connectivity index is 1.99. The number of methoxy groups -OCH3 is 2. The molecule has 10 nitrogen and oxygen atoms in total. The minimum atomic E-state index is -0.863. The van der Waals surface area contributed by atoms with E-state index in [-0.39, 0.29) is 18.8 Å². The van der Waals surface area contributed by atoms with Crippen molar-refractivity contribution in [3.05, 3.63) is 55.9 Å². The van der Waals surface area contributed by atoms with E-state index in [1.54, 1.807) is 12.1 Å². The summed E-state index contributed by atoms with van der Waals surface area (Å²) in [5.41, 5.74) is 2.38. The lowest BCUT2D eigenvalue weighted by Crippen LogP contribution is -2.12. The second-order valence-corrected chi connectivity index (χ2v) is 6.48. The fourth-order valence-corrected chi connectivity index (χ4v) is 3.20. The van der Waals surface area contributed by atoms with Gasteiger partial charge in [0.2, 0.25) is 0 Å². The first-order chi connectivity index (χ1) is 14.3. The van der Waals surface area contributed by atoms with Gasteiger partial charge in [-0.3, -0.25) is 4.79 Å². The van der Waals surface area contributed by atoms with Gasteiger partial charge in [0.15, 0.2) is 0 Å². The number of aryl methyl sites for hydroxylation is 2. The Morgan fingerprint density at radius 3 is 2.37 bits per heavy atom. The van der Waals surface area contributed by atoms with Gasteiger partial charge in [-0.2, -0.15) is 0 Å². The quantitative estimate of drug-likeness (QED) is 0.338. The molecule has 0 saturated heterocycles. The van der Waals surface area contributed by atoms with Crippen molar-refractivity contribution in [3.8, 4) is 28.6 Å². The van der Waals surface area contributed by atoms with Crippen LogP contribution >= 0.6 is 0 Å². The normalized spacial score (nSPS) is 10.7. The molecule has 0 aliphatic rings. The molecule has 3 aromatic rings. The molecule has 1 heterocycles. The fraction of sp³-hybridized carbons (Fsp3) is 0.300. The van der Waals surface area contributed by atoms with Crippen molar-refractivity contribution in [2.45, 2.75) is 13.8 Å². The van der Waals surface area contributed by atoms with Crippen LogP contribution in [0.2, 0.25) is 0 Å². The number of nitrogens with zero attached hydrogens (tertiary/aromatic N) is 2. The maximum Gasteiger partial charge on any atom is 0.294 e. The Morgan fingerprint density at radius 1 is 1.07 bits per heavy atom. The van der Waals surface area contributed by atoms with Crippen molar-refractivity contribution >= 4 is 10.9 Å². The summed E-state index contributed by atoms with van der Waals surface area (Å²) in [6.45, 7) is 3.54. The summed E-state index contributed by atoms with van der Waals surface area (Å²) >= 11 is 0. The van der Waals surface area contributed by atoms with Crippen LogP contribution in [0, 0.1) is 24.0 Å². The van der Waals surface area contributed by atoms with Crippen LogP contribution < -0.4 is 19.8 Å². The summed E-state index contributed by atoms with van der Waals surface area (Å²) in [6, 6.07) is 6.93. The Morgan fingerprint density at radius 2 is 1.77 bits per heavy atom.